The Morgan fingerprint density at radius 3 is 2.55 bits per heavy atom. The van der Waals surface area contributed by atoms with Crippen molar-refractivity contribution in [1.29, 1.82) is 0 Å². The number of piperazine rings is 1. The van der Waals surface area contributed by atoms with Crippen molar-refractivity contribution in [3.63, 3.8) is 0 Å². The second-order valence-electron chi connectivity index (χ2n) is 8.09. The van der Waals surface area contributed by atoms with Crippen LogP contribution in [0.2, 0.25) is 5.02 Å². The molecule has 0 atom stereocenters. The average Bonchev–Trinajstić information content (AvgIpc) is 3.25. The molecule has 2 aliphatic heterocycles. The molecule has 1 amide bonds. The predicted molar refractivity (Wildman–Crippen MR) is 125 cm³/mol. The molecular formula is C23H25ClN6O3. The van der Waals surface area contributed by atoms with Gasteiger partial charge in [0.1, 0.15) is 17.0 Å². The minimum Gasteiger partial charge on any atom is -0.378 e. The van der Waals surface area contributed by atoms with Crippen LogP contribution in [0.5, 0.6) is 0 Å². The van der Waals surface area contributed by atoms with E-state index >= 15 is 0 Å². The first-order valence-electron chi connectivity index (χ1n) is 11.0. The molecule has 0 saturated carbocycles. The van der Waals surface area contributed by atoms with Crippen LogP contribution < -0.4 is 9.80 Å². The summed E-state index contributed by atoms with van der Waals surface area (Å²) in [4.78, 5) is 19.7. The van der Waals surface area contributed by atoms with E-state index in [1.807, 2.05) is 23.1 Å². The minimum absolute atomic E-state index is 0.100. The topological polar surface area (TPSA) is 87.8 Å². The maximum atomic E-state index is 13.4. The highest BCUT2D eigenvalue weighted by atomic mass is 35.5. The fourth-order valence-electron chi connectivity index (χ4n) is 4.25. The van der Waals surface area contributed by atoms with Gasteiger partial charge in [0.05, 0.1) is 30.1 Å². The first-order chi connectivity index (χ1) is 16.1. The Kier molecular flexibility index (Phi) is 6.15. The summed E-state index contributed by atoms with van der Waals surface area (Å²) in [6.07, 6.45) is 1.79. The van der Waals surface area contributed by atoms with E-state index < -0.39 is 0 Å². The van der Waals surface area contributed by atoms with Crippen molar-refractivity contribution >= 4 is 29.0 Å². The van der Waals surface area contributed by atoms with Gasteiger partial charge in [0.25, 0.3) is 5.91 Å². The Hall–Kier alpha value is -3.17. The molecule has 0 radical (unpaired) electrons. The van der Waals surface area contributed by atoms with E-state index in [1.54, 1.807) is 19.2 Å². The van der Waals surface area contributed by atoms with Crippen LogP contribution in [0.15, 0.2) is 41.1 Å². The molecule has 2 fully saturated rings. The number of rotatable bonds is 4. The molecule has 2 aliphatic rings. The molecule has 5 rings (SSSR count). The molecule has 2 aromatic heterocycles. The van der Waals surface area contributed by atoms with Crippen molar-refractivity contribution in [1.82, 2.24) is 20.3 Å². The third-order valence-corrected chi connectivity index (χ3v) is 6.43. The Morgan fingerprint density at radius 2 is 1.79 bits per heavy atom. The van der Waals surface area contributed by atoms with Gasteiger partial charge in [0, 0.05) is 50.9 Å². The van der Waals surface area contributed by atoms with E-state index in [0.717, 1.165) is 37.8 Å². The molecular weight excluding hydrogens is 444 g/mol. The van der Waals surface area contributed by atoms with Crippen molar-refractivity contribution in [3.05, 3.63) is 52.9 Å². The largest absolute Gasteiger partial charge is 0.378 e. The number of hydrogen-bond acceptors (Lipinski definition) is 8. The number of morpholine rings is 1. The normalized spacial score (nSPS) is 16.8. The number of halogens is 1. The highest BCUT2D eigenvalue weighted by Gasteiger charge is 2.30. The summed E-state index contributed by atoms with van der Waals surface area (Å²) in [5.74, 6) is 1.21. The molecule has 172 valence electrons. The van der Waals surface area contributed by atoms with Gasteiger partial charge in [-0.1, -0.05) is 35.0 Å². The summed E-state index contributed by atoms with van der Waals surface area (Å²) in [5.41, 5.74) is 2.68. The van der Waals surface area contributed by atoms with Gasteiger partial charge in [-0.3, -0.25) is 4.79 Å². The lowest BCUT2D eigenvalue weighted by molar-refractivity contribution is 0.0745. The Labute approximate surface area is 196 Å². The number of nitrogens with zero attached hydrogens (tertiary/aromatic N) is 6. The Morgan fingerprint density at radius 1 is 1.03 bits per heavy atom. The standard InChI is InChI=1S/C23H25ClN6O3/c1-16-21(22(27-33-16)18-4-2-3-5-19(18)24)23(31)30-8-6-29(7-9-30)20-14-17(15-25-26-20)28-10-12-32-13-11-28/h2-5,14-15H,6-13H2,1H3. The van der Waals surface area contributed by atoms with E-state index in [4.69, 9.17) is 20.9 Å². The molecule has 4 heterocycles. The van der Waals surface area contributed by atoms with Crippen LogP contribution in [0.4, 0.5) is 11.5 Å². The van der Waals surface area contributed by atoms with Crippen molar-refractivity contribution in [3.8, 4) is 11.3 Å². The first kappa shape index (κ1) is 21.7. The number of anilines is 2. The molecule has 0 aliphatic carbocycles. The lowest BCUT2D eigenvalue weighted by Gasteiger charge is -2.35. The van der Waals surface area contributed by atoms with Gasteiger partial charge in [-0.05, 0) is 13.0 Å². The number of benzene rings is 1. The van der Waals surface area contributed by atoms with E-state index in [2.05, 4.69) is 31.2 Å². The number of amides is 1. The number of aromatic nitrogens is 3. The molecule has 0 bridgehead atoms. The summed E-state index contributed by atoms with van der Waals surface area (Å²) >= 11 is 6.35. The summed E-state index contributed by atoms with van der Waals surface area (Å²) in [7, 11) is 0. The summed E-state index contributed by atoms with van der Waals surface area (Å²) in [6, 6.07) is 9.39. The molecule has 0 spiro atoms. The highest BCUT2D eigenvalue weighted by Crippen LogP contribution is 2.32. The third kappa shape index (κ3) is 4.38. The predicted octanol–water partition coefficient (Wildman–Crippen LogP) is 2.89. The molecule has 3 aromatic rings. The number of aryl methyl sites for hydroxylation is 1. The van der Waals surface area contributed by atoms with Crippen LogP contribution >= 0.6 is 11.6 Å². The van der Waals surface area contributed by atoms with Gasteiger partial charge in [-0.15, -0.1) is 5.10 Å². The van der Waals surface area contributed by atoms with Crippen molar-refractivity contribution < 1.29 is 14.1 Å². The highest BCUT2D eigenvalue weighted by molar-refractivity contribution is 6.33. The second-order valence-corrected chi connectivity index (χ2v) is 8.50. The van der Waals surface area contributed by atoms with Crippen LogP contribution in [-0.4, -0.2) is 78.6 Å². The van der Waals surface area contributed by atoms with Crippen molar-refractivity contribution in [2.45, 2.75) is 6.92 Å². The Bertz CT molecular complexity index is 1140. The zero-order valence-corrected chi connectivity index (χ0v) is 19.2. The monoisotopic (exact) mass is 468 g/mol. The van der Waals surface area contributed by atoms with Crippen LogP contribution in [0.3, 0.4) is 0 Å². The van der Waals surface area contributed by atoms with Crippen LogP contribution in [0, 0.1) is 6.92 Å². The maximum absolute atomic E-state index is 13.4. The number of carbonyl (C=O) groups excluding carboxylic acids is 1. The van der Waals surface area contributed by atoms with E-state index in [9.17, 15) is 4.79 Å². The maximum Gasteiger partial charge on any atom is 0.259 e. The molecule has 9 nitrogen and oxygen atoms in total. The van der Waals surface area contributed by atoms with Gasteiger partial charge in [-0.2, -0.15) is 5.10 Å². The minimum atomic E-state index is -0.100. The summed E-state index contributed by atoms with van der Waals surface area (Å²) in [5, 5.41) is 13.2. The molecule has 10 heteroatoms. The summed E-state index contributed by atoms with van der Waals surface area (Å²) < 4.78 is 10.8. The van der Waals surface area contributed by atoms with E-state index in [1.165, 1.54) is 0 Å². The SMILES string of the molecule is Cc1onc(-c2ccccc2Cl)c1C(=O)N1CCN(c2cc(N3CCOCC3)cnn2)CC1. The number of ether oxygens (including phenoxy) is 1. The van der Waals surface area contributed by atoms with E-state index in [-0.39, 0.29) is 5.91 Å². The lowest BCUT2D eigenvalue weighted by atomic mass is 10.0. The zero-order valence-electron chi connectivity index (χ0n) is 18.4. The van der Waals surface area contributed by atoms with Crippen molar-refractivity contribution in [2.24, 2.45) is 0 Å². The first-order valence-corrected chi connectivity index (χ1v) is 11.4. The van der Waals surface area contributed by atoms with Gasteiger partial charge >= 0.3 is 0 Å². The third-order valence-electron chi connectivity index (χ3n) is 6.10. The van der Waals surface area contributed by atoms with Gasteiger partial charge < -0.3 is 24.0 Å². The second kappa shape index (κ2) is 9.36. The number of carbonyl (C=O) groups is 1. The average molecular weight is 469 g/mol. The molecule has 0 unspecified atom stereocenters. The Balaban J connectivity index is 1.29. The van der Waals surface area contributed by atoms with Gasteiger partial charge in [-0.25, -0.2) is 0 Å². The fraction of sp³-hybridized carbons (Fsp3) is 0.391. The lowest BCUT2D eigenvalue weighted by Crippen LogP contribution is -2.49. The molecule has 33 heavy (non-hydrogen) atoms. The summed E-state index contributed by atoms with van der Waals surface area (Å²) in [6.45, 7) is 7.34. The zero-order chi connectivity index (χ0) is 22.8. The van der Waals surface area contributed by atoms with Gasteiger partial charge in [0.2, 0.25) is 0 Å². The smallest absolute Gasteiger partial charge is 0.259 e. The van der Waals surface area contributed by atoms with E-state index in [0.29, 0.717) is 53.8 Å². The van der Waals surface area contributed by atoms with Crippen LogP contribution in [0.1, 0.15) is 16.1 Å². The fourth-order valence-corrected chi connectivity index (χ4v) is 4.48. The van der Waals surface area contributed by atoms with Crippen LogP contribution in [0.25, 0.3) is 11.3 Å². The molecule has 1 aromatic carbocycles. The van der Waals surface area contributed by atoms with Crippen molar-refractivity contribution in [2.75, 3.05) is 62.3 Å². The molecule has 0 N–H and O–H groups in total. The molecule has 2 saturated heterocycles. The van der Waals surface area contributed by atoms with Crippen LogP contribution in [-0.2, 0) is 4.74 Å². The quantitative estimate of drug-likeness (QED) is 0.577. The number of hydrogen-bond donors (Lipinski definition) is 0. The van der Waals surface area contributed by atoms with Gasteiger partial charge in [0.15, 0.2) is 5.82 Å².